The lowest BCUT2D eigenvalue weighted by molar-refractivity contribution is 0.0145. The number of rotatable bonds is 5. The Morgan fingerprint density at radius 3 is 2.37 bits per heavy atom. The first-order valence-corrected chi connectivity index (χ1v) is 8.12. The van der Waals surface area contributed by atoms with Gasteiger partial charge in [-0.15, -0.1) is 0 Å². The van der Waals surface area contributed by atoms with Gasteiger partial charge in [0.2, 0.25) is 0 Å². The molecular weight excluding hydrogens is 236 g/mol. The Balaban J connectivity index is 1.98. The fraction of sp³-hybridized carbons (Fsp3) is 1.00. The lowest BCUT2D eigenvalue weighted by Gasteiger charge is -2.48. The first kappa shape index (κ1) is 15.3. The van der Waals surface area contributed by atoms with E-state index in [0.29, 0.717) is 5.92 Å². The summed E-state index contributed by atoms with van der Waals surface area (Å²) in [5, 5.41) is 0. The Kier molecular flexibility index (Phi) is 5.27. The molecule has 2 rings (SSSR count). The number of hydrogen-bond donors (Lipinski definition) is 1. The third kappa shape index (κ3) is 3.14. The predicted octanol–water partition coefficient (Wildman–Crippen LogP) is 2.64. The average molecular weight is 268 g/mol. The molecule has 0 bridgehead atoms. The second-order valence-corrected chi connectivity index (χ2v) is 6.82. The van der Waals surface area contributed by atoms with Crippen LogP contribution in [0.2, 0.25) is 0 Å². The van der Waals surface area contributed by atoms with E-state index in [4.69, 9.17) is 10.5 Å². The number of hydrogen-bond acceptors (Lipinski definition) is 3. The lowest BCUT2D eigenvalue weighted by Crippen LogP contribution is -2.59. The smallest absolute Gasteiger partial charge is 0.0513 e. The minimum Gasteiger partial charge on any atom is -0.381 e. The molecule has 2 aliphatic rings. The van der Waals surface area contributed by atoms with Crippen molar-refractivity contribution in [2.75, 3.05) is 26.8 Å². The van der Waals surface area contributed by atoms with Crippen molar-refractivity contribution in [2.45, 2.75) is 64.0 Å². The molecule has 1 aliphatic carbocycles. The standard InChI is InChI=1S/C16H32N2O/c1-4-13-5-7-15(8-6-13)18(3)16(2,12-17)14-9-10-19-11-14/h13-15H,4-12,17H2,1-3H3. The Labute approximate surface area is 118 Å². The van der Waals surface area contributed by atoms with Gasteiger partial charge in [-0.2, -0.15) is 0 Å². The van der Waals surface area contributed by atoms with Crippen LogP contribution < -0.4 is 5.73 Å². The van der Waals surface area contributed by atoms with E-state index in [1.807, 2.05) is 0 Å². The van der Waals surface area contributed by atoms with Gasteiger partial charge in [-0.05, 0) is 52.0 Å². The van der Waals surface area contributed by atoms with Gasteiger partial charge in [0, 0.05) is 30.7 Å². The molecule has 2 fully saturated rings. The van der Waals surface area contributed by atoms with E-state index in [0.717, 1.165) is 31.7 Å². The van der Waals surface area contributed by atoms with E-state index in [-0.39, 0.29) is 5.54 Å². The van der Waals surface area contributed by atoms with Crippen LogP contribution in [0.3, 0.4) is 0 Å². The Hall–Kier alpha value is -0.120. The van der Waals surface area contributed by atoms with Crippen LogP contribution in [0.25, 0.3) is 0 Å². The van der Waals surface area contributed by atoms with Crippen LogP contribution in [0.4, 0.5) is 0 Å². The summed E-state index contributed by atoms with van der Waals surface area (Å²) < 4.78 is 5.59. The zero-order valence-electron chi connectivity index (χ0n) is 13.0. The molecule has 1 heterocycles. The van der Waals surface area contributed by atoms with Gasteiger partial charge in [-0.3, -0.25) is 4.90 Å². The highest BCUT2D eigenvalue weighted by Gasteiger charge is 2.42. The van der Waals surface area contributed by atoms with Crippen molar-refractivity contribution in [1.82, 2.24) is 4.90 Å². The van der Waals surface area contributed by atoms with E-state index >= 15 is 0 Å². The molecule has 2 unspecified atom stereocenters. The van der Waals surface area contributed by atoms with Crippen LogP contribution in [0.5, 0.6) is 0 Å². The highest BCUT2D eigenvalue weighted by atomic mass is 16.5. The maximum Gasteiger partial charge on any atom is 0.0513 e. The summed E-state index contributed by atoms with van der Waals surface area (Å²) in [5.74, 6) is 1.56. The predicted molar refractivity (Wildman–Crippen MR) is 80.2 cm³/mol. The van der Waals surface area contributed by atoms with Crippen LogP contribution in [0.1, 0.15) is 52.4 Å². The number of nitrogens with two attached hydrogens (primary N) is 1. The van der Waals surface area contributed by atoms with Gasteiger partial charge in [0.25, 0.3) is 0 Å². The van der Waals surface area contributed by atoms with Gasteiger partial charge in [-0.1, -0.05) is 13.3 Å². The molecule has 0 aromatic rings. The minimum absolute atomic E-state index is 0.111. The summed E-state index contributed by atoms with van der Waals surface area (Å²) in [7, 11) is 2.29. The van der Waals surface area contributed by atoms with Crippen molar-refractivity contribution < 1.29 is 4.74 Å². The Morgan fingerprint density at radius 1 is 1.21 bits per heavy atom. The molecule has 1 saturated carbocycles. The van der Waals surface area contributed by atoms with Crippen LogP contribution in [0, 0.1) is 11.8 Å². The average Bonchev–Trinajstić information content (AvgIpc) is 3.00. The van der Waals surface area contributed by atoms with Crippen molar-refractivity contribution in [1.29, 1.82) is 0 Å². The molecule has 1 aliphatic heterocycles. The molecular formula is C16H32N2O. The van der Waals surface area contributed by atoms with Crippen molar-refractivity contribution in [2.24, 2.45) is 17.6 Å². The zero-order valence-corrected chi connectivity index (χ0v) is 13.0. The Morgan fingerprint density at radius 2 is 1.89 bits per heavy atom. The molecule has 0 radical (unpaired) electrons. The molecule has 3 nitrogen and oxygen atoms in total. The highest BCUT2D eigenvalue weighted by Crippen LogP contribution is 2.36. The first-order chi connectivity index (χ1) is 9.11. The SMILES string of the molecule is CCC1CCC(N(C)C(C)(CN)C2CCOC2)CC1. The molecule has 1 saturated heterocycles. The van der Waals surface area contributed by atoms with Crippen LogP contribution >= 0.6 is 0 Å². The summed E-state index contributed by atoms with van der Waals surface area (Å²) in [6.45, 7) is 7.22. The largest absolute Gasteiger partial charge is 0.381 e. The van der Waals surface area contributed by atoms with Crippen LogP contribution in [-0.4, -0.2) is 43.3 Å². The van der Waals surface area contributed by atoms with E-state index in [2.05, 4.69) is 25.8 Å². The van der Waals surface area contributed by atoms with E-state index in [9.17, 15) is 0 Å². The van der Waals surface area contributed by atoms with Crippen LogP contribution in [0.15, 0.2) is 0 Å². The summed E-state index contributed by atoms with van der Waals surface area (Å²) in [6, 6.07) is 0.719. The highest BCUT2D eigenvalue weighted by molar-refractivity contribution is 4.97. The van der Waals surface area contributed by atoms with Gasteiger partial charge in [-0.25, -0.2) is 0 Å². The minimum atomic E-state index is 0.111. The van der Waals surface area contributed by atoms with Crippen molar-refractivity contribution in [3.8, 4) is 0 Å². The van der Waals surface area contributed by atoms with E-state index < -0.39 is 0 Å². The fourth-order valence-corrected chi connectivity index (χ4v) is 3.98. The van der Waals surface area contributed by atoms with Crippen molar-refractivity contribution >= 4 is 0 Å². The van der Waals surface area contributed by atoms with Gasteiger partial charge in [0.1, 0.15) is 0 Å². The maximum atomic E-state index is 6.15. The summed E-state index contributed by atoms with van der Waals surface area (Å²) in [5.41, 5.74) is 6.26. The first-order valence-electron chi connectivity index (χ1n) is 8.12. The fourth-order valence-electron chi connectivity index (χ4n) is 3.98. The molecule has 19 heavy (non-hydrogen) atoms. The van der Waals surface area contributed by atoms with Crippen molar-refractivity contribution in [3.05, 3.63) is 0 Å². The third-order valence-corrected chi connectivity index (χ3v) is 5.97. The molecule has 2 atom stereocenters. The molecule has 0 aromatic heterocycles. The molecule has 3 heteroatoms. The van der Waals surface area contributed by atoms with E-state index in [1.165, 1.54) is 38.5 Å². The maximum absolute atomic E-state index is 6.15. The summed E-state index contributed by atoms with van der Waals surface area (Å²) in [6.07, 6.45) is 8.00. The molecule has 0 spiro atoms. The monoisotopic (exact) mass is 268 g/mol. The van der Waals surface area contributed by atoms with Gasteiger partial charge in [0.15, 0.2) is 0 Å². The second kappa shape index (κ2) is 6.55. The molecule has 0 amide bonds. The van der Waals surface area contributed by atoms with Gasteiger partial charge in [0.05, 0.1) is 6.61 Å². The van der Waals surface area contributed by atoms with E-state index in [1.54, 1.807) is 0 Å². The zero-order chi connectivity index (χ0) is 13.9. The number of nitrogens with zero attached hydrogens (tertiary/aromatic N) is 1. The number of ether oxygens (including phenoxy) is 1. The molecule has 112 valence electrons. The molecule has 2 N–H and O–H groups in total. The molecule has 0 aromatic carbocycles. The third-order valence-electron chi connectivity index (χ3n) is 5.97. The normalized spacial score (nSPS) is 35.5. The summed E-state index contributed by atoms with van der Waals surface area (Å²) >= 11 is 0. The second-order valence-electron chi connectivity index (χ2n) is 6.82. The Bertz CT molecular complexity index is 270. The van der Waals surface area contributed by atoms with Crippen molar-refractivity contribution in [3.63, 3.8) is 0 Å². The summed E-state index contributed by atoms with van der Waals surface area (Å²) in [4.78, 5) is 2.60. The number of likely N-dealkylation sites (N-methyl/N-ethyl adjacent to an activating group) is 1. The van der Waals surface area contributed by atoms with Crippen LogP contribution in [-0.2, 0) is 4.74 Å². The quantitative estimate of drug-likeness (QED) is 0.833. The van der Waals surface area contributed by atoms with Gasteiger partial charge < -0.3 is 10.5 Å². The topological polar surface area (TPSA) is 38.5 Å². The lowest BCUT2D eigenvalue weighted by atomic mass is 9.78. The van der Waals surface area contributed by atoms with Gasteiger partial charge >= 0.3 is 0 Å².